The lowest BCUT2D eigenvalue weighted by Gasteiger charge is -2.18. The molecule has 1 aromatic carbocycles. The molecule has 4 nitrogen and oxygen atoms in total. The molecule has 3 rings (SSSR count). The van der Waals surface area contributed by atoms with Crippen molar-refractivity contribution in [1.82, 2.24) is 9.97 Å². The maximum absolute atomic E-state index is 12.8. The molecular formula is C18H14BrN3OS. The average Bonchev–Trinajstić information content (AvgIpc) is 3.09. The zero-order valence-corrected chi connectivity index (χ0v) is 15.1. The highest BCUT2D eigenvalue weighted by atomic mass is 79.9. The summed E-state index contributed by atoms with van der Waals surface area (Å²) in [4.78, 5) is 23.1. The molecule has 0 aliphatic heterocycles. The number of anilines is 1. The molecule has 0 aliphatic rings. The average molecular weight is 400 g/mol. The van der Waals surface area contributed by atoms with Crippen LogP contribution in [0.15, 0.2) is 71.3 Å². The summed E-state index contributed by atoms with van der Waals surface area (Å²) >= 11 is 4.78. The second-order valence-corrected chi connectivity index (χ2v) is 6.73. The van der Waals surface area contributed by atoms with Crippen LogP contribution >= 0.6 is 27.3 Å². The molecule has 2 heterocycles. The van der Waals surface area contributed by atoms with Gasteiger partial charge in [0.25, 0.3) is 5.91 Å². The van der Waals surface area contributed by atoms with E-state index in [-0.39, 0.29) is 5.91 Å². The number of halogens is 1. The molecule has 0 saturated carbocycles. The van der Waals surface area contributed by atoms with Crippen molar-refractivity contribution >= 4 is 38.3 Å². The van der Waals surface area contributed by atoms with E-state index in [1.165, 1.54) is 11.3 Å². The van der Waals surface area contributed by atoms with Crippen LogP contribution in [0.5, 0.6) is 0 Å². The minimum absolute atomic E-state index is 0.155. The Balaban J connectivity index is 1.93. The van der Waals surface area contributed by atoms with Gasteiger partial charge in [-0.25, -0.2) is 4.98 Å². The van der Waals surface area contributed by atoms with Crippen molar-refractivity contribution in [3.63, 3.8) is 0 Å². The van der Waals surface area contributed by atoms with E-state index in [1.807, 2.05) is 35.7 Å². The molecule has 0 fully saturated rings. The Hall–Kier alpha value is -2.31. The molecular weight excluding hydrogens is 386 g/mol. The molecule has 0 spiro atoms. The Morgan fingerprint density at radius 1 is 1.29 bits per heavy atom. The summed E-state index contributed by atoms with van der Waals surface area (Å²) in [7, 11) is 0. The summed E-state index contributed by atoms with van der Waals surface area (Å²) < 4.78 is 0.760. The lowest BCUT2D eigenvalue weighted by Crippen LogP contribution is -2.31. The highest BCUT2D eigenvalue weighted by molar-refractivity contribution is 9.10. The number of pyridine rings is 1. The largest absolute Gasteiger partial charge is 0.280 e. The third-order valence-corrected chi connectivity index (χ3v) is 4.60. The van der Waals surface area contributed by atoms with Crippen LogP contribution in [0.3, 0.4) is 0 Å². The number of hydrogen-bond donors (Lipinski definition) is 0. The number of carbonyl (C=O) groups excluding carboxylic acids is 1. The van der Waals surface area contributed by atoms with Gasteiger partial charge < -0.3 is 0 Å². The summed E-state index contributed by atoms with van der Waals surface area (Å²) in [6.45, 7) is 4.12. The van der Waals surface area contributed by atoms with Crippen molar-refractivity contribution in [3.05, 3.63) is 76.9 Å². The van der Waals surface area contributed by atoms with E-state index in [1.54, 1.807) is 29.4 Å². The van der Waals surface area contributed by atoms with E-state index in [0.29, 0.717) is 17.2 Å². The fraction of sp³-hybridized carbons (Fsp3) is 0.0556. The molecule has 0 unspecified atom stereocenters. The van der Waals surface area contributed by atoms with Crippen LogP contribution < -0.4 is 4.90 Å². The molecule has 6 heteroatoms. The van der Waals surface area contributed by atoms with Gasteiger partial charge in [-0.3, -0.25) is 14.7 Å². The molecule has 24 heavy (non-hydrogen) atoms. The molecule has 3 aromatic rings. The van der Waals surface area contributed by atoms with Crippen LogP contribution in [0.4, 0.5) is 5.13 Å². The molecule has 0 aliphatic carbocycles. The molecule has 0 saturated heterocycles. The molecule has 0 N–H and O–H groups in total. The summed E-state index contributed by atoms with van der Waals surface area (Å²) in [6, 6.07) is 11.6. The first-order valence-electron chi connectivity index (χ1n) is 7.23. The number of rotatable bonds is 5. The van der Waals surface area contributed by atoms with E-state index in [4.69, 9.17) is 0 Å². The van der Waals surface area contributed by atoms with Crippen LogP contribution in [-0.4, -0.2) is 22.4 Å². The minimum atomic E-state index is -0.155. The predicted octanol–water partition coefficient (Wildman–Crippen LogP) is 4.80. The second kappa shape index (κ2) is 7.51. The summed E-state index contributed by atoms with van der Waals surface area (Å²) in [5, 5.41) is 2.59. The topological polar surface area (TPSA) is 46.1 Å². The van der Waals surface area contributed by atoms with Gasteiger partial charge in [-0.1, -0.05) is 36.4 Å². The number of aromatic nitrogens is 2. The zero-order valence-electron chi connectivity index (χ0n) is 12.7. The molecule has 0 atom stereocenters. The van der Waals surface area contributed by atoms with Crippen molar-refractivity contribution in [1.29, 1.82) is 0 Å². The molecule has 2 aromatic heterocycles. The number of amides is 1. The van der Waals surface area contributed by atoms with Crippen molar-refractivity contribution in [2.45, 2.75) is 0 Å². The van der Waals surface area contributed by atoms with E-state index in [0.717, 1.165) is 15.7 Å². The third-order valence-electron chi connectivity index (χ3n) is 3.30. The van der Waals surface area contributed by atoms with E-state index < -0.39 is 0 Å². The Bertz CT molecular complexity index is 863. The molecule has 120 valence electrons. The monoisotopic (exact) mass is 399 g/mol. The number of benzene rings is 1. The Morgan fingerprint density at radius 3 is 2.79 bits per heavy atom. The first kappa shape index (κ1) is 16.5. The van der Waals surface area contributed by atoms with Crippen LogP contribution in [0.1, 0.15) is 10.4 Å². The van der Waals surface area contributed by atoms with Crippen LogP contribution in [-0.2, 0) is 0 Å². The minimum Gasteiger partial charge on any atom is -0.280 e. The lowest BCUT2D eigenvalue weighted by atomic mass is 10.2. The van der Waals surface area contributed by atoms with Gasteiger partial charge in [-0.2, -0.15) is 0 Å². The second-order valence-electron chi connectivity index (χ2n) is 4.98. The van der Waals surface area contributed by atoms with Crippen molar-refractivity contribution in [2.24, 2.45) is 0 Å². The van der Waals surface area contributed by atoms with Gasteiger partial charge in [-0.05, 0) is 22.0 Å². The van der Waals surface area contributed by atoms with E-state index in [2.05, 4.69) is 32.5 Å². The van der Waals surface area contributed by atoms with Crippen molar-refractivity contribution < 1.29 is 4.79 Å². The highest BCUT2D eigenvalue weighted by Gasteiger charge is 2.20. The Labute approximate surface area is 152 Å². The smallest absolute Gasteiger partial charge is 0.261 e. The number of hydrogen-bond acceptors (Lipinski definition) is 4. The highest BCUT2D eigenvalue weighted by Crippen LogP contribution is 2.28. The molecule has 0 bridgehead atoms. The van der Waals surface area contributed by atoms with Crippen LogP contribution in [0.2, 0.25) is 0 Å². The van der Waals surface area contributed by atoms with Gasteiger partial charge in [0, 0.05) is 34.4 Å². The Kier molecular flexibility index (Phi) is 5.17. The normalized spacial score (nSPS) is 10.4. The van der Waals surface area contributed by atoms with E-state index in [9.17, 15) is 4.79 Å². The van der Waals surface area contributed by atoms with Gasteiger partial charge in [0.05, 0.1) is 11.3 Å². The summed E-state index contributed by atoms with van der Waals surface area (Å²) in [5.74, 6) is -0.155. The lowest BCUT2D eigenvalue weighted by molar-refractivity contribution is 0.0989. The standard InChI is InChI=1S/C18H14BrN3OS/c1-2-8-22(17(23)14-9-15(19)11-20-10-14)18-21-16(12-24-18)13-6-4-3-5-7-13/h2-7,9-12H,1,8H2. The fourth-order valence-electron chi connectivity index (χ4n) is 2.19. The Morgan fingerprint density at radius 2 is 2.08 bits per heavy atom. The first-order valence-corrected chi connectivity index (χ1v) is 8.90. The zero-order chi connectivity index (χ0) is 16.9. The van der Waals surface area contributed by atoms with Crippen molar-refractivity contribution in [3.8, 4) is 11.3 Å². The maximum Gasteiger partial charge on any atom is 0.261 e. The van der Waals surface area contributed by atoms with E-state index >= 15 is 0 Å². The molecule has 0 radical (unpaired) electrons. The summed E-state index contributed by atoms with van der Waals surface area (Å²) in [5.41, 5.74) is 2.38. The quantitative estimate of drug-likeness (QED) is 0.578. The van der Waals surface area contributed by atoms with Gasteiger partial charge in [-0.15, -0.1) is 17.9 Å². The van der Waals surface area contributed by atoms with Gasteiger partial charge in [0.1, 0.15) is 0 Å². The maximum atomic E-state index is 12.8. The number of thiazole rings is 1. The van der Waals surface area contributed by atoms with Gasteiger partial charge in [0.15, 0.2) is 5.13 Å². The number of nitrogens with zero attached hydrogens (tertiary/aromatic N) is 3. The van der Waals surface area contributed by atoms with Gasteiger partial charge in [0.2, 0.25) is 0 Å². The first-order chi connectivity index (χ1) is 11.7. The number of carbonyl (C=O) groups is 1. The summed E-state index contributed by atoms with van der Waals surface area (Å²) in [6.07, 6.45) is 4.88. The fourth-order valence-corrected chi connectivity index (χ4v) is 3.40. The van der Waals surface area contributed by atoms with Gasteiger partial charge >= 0.3 is 0 Å². The van der Waals surface area contributed by atoms with Crippen molar-refractivity contribution in [2.75, 3.05) is 11.4 Å². The third kappa shape index (κ3) is 3.60. The van der Waals surface area contributed by atoms with Crippen LogP contribution in [0, 0.1) is 0 Å². The SMILES string of the molecule is C=CCN(C(=O)c1cncc(Br)c1)c1nc(-c2ccccc2)cs1. The van der Waals surface area contributed by atoms with Crippen LogP contribution in [0.25, 0.3) is 11.3 Å². The predicted molar refractivity (Wildman–Crippen MR) is 101 cm³/mol. The molecule has 1 amide bonds.